The number of hydrogen-bond donors (Lipinski definition) is 1. The first kappa shape index (κ1) is 13.5. The van der Waals surface area contributed by atoms with E-state index >= 15 is 0 Å². The van der Waals surface area contributed by atoms with Crippen molar-refractivity contribution in [2.75, 3.05) is 25.5 Å². The van der Waals surface area contributed by atoms with Gasteiger partial charge >= 0.3 is 0 Å². The molecule has 0 radical (unpaired) electrons. The van der Waals surface area contributed by atoms with Gasteiger partial charge in [0.25, 0.3) is 5.56 Å². The molecule has 0 aromatic carbocycles. The van der Waals surface area contributed by atoms with Crippen molar-refractivity contribution in [1.29, 1.82) is 0 Å². The van der Waals surface area contributed by atoms with Crippen molar-refractivity contribution in [2.24, 2.45) is 13.0 Å². The summed E-state index contributed by atoms with van der Waals surface area (Å²) in [5, 5.41) is 7.48. The number of likely N-dealkylation sites (tertiary alicyclic amines) is 1. The summed E-state index contributed by atoms with van der Waals surface area (Å²) >= 11 is 3.34. The number of nitrogens with zero attached hydrogens (tertiary/aromatic N) is 3. The fourth-order valence-corrected chi connectivity index (χ4v) is 2.85. The maximum absolute atomic E-state index is 11.8. The van der Waals surface area contributed by atoms with Crippen LogP contribution >= 0.6 is 15.9 Å². The average Bonchev–Trinajstić information content (AvgIpc) is 2.33. The van der Waals surface area contributed by atoms with Gasteiger partial charge in [0.15, 0.2) is 0 Å². The van der Waals surface area contributed by atoms with Gasteiger partial charge < -0.3 is 10.2 Å². The highest BCUT2D eigenvalue weighted by Crippen LogP contribution is 2.23. The molecular formula is C12H19BrN4O. The standard InChI is InChI=1S/C12H19BrN4O/c1-8-7-16(2)5-4-9(8)15-10-6-14-17(3)12(18)11(10)13/h6,8-9,15H,4-5,7H2,1-3H3. The van der Waals surface area contributed by atoms with Crippen molar-refractivity contribution in [3.63, 3.8) is 0 Å². The Kier molecular flexibility index (Phi) is 4.07. The lowest BCUT2D eigenvalue weighted by Crippen LogP contribution is -2.43. The Bertz CT molecular complexity index is 487. The molecule has 1 N–H and O–H groups in total. The maximum atomic E-state index is 11.8. The second-order valence-electron chi connectivity index (χ2n) is 5.08. The van der Waals surface area contributed by atoms with E-state index in [0.29, 0.717) is 16.4 Å². The minimum Gasteiger partial charge on any atom is -0.380 e. The van der Waals surface area contributed by atoms with Crippen LogP contribution in [0.1, 0.15) is 13.3 Å². The first-order valence-electron chi connectivity index (χ1n) is 6.16. The third-order valence-corrected chi connectivity index (χ3v) is 4.29. The molecule has 6 heteroatoms. The van der Waals surface area contributed by atoms with Crippen LogP contribution in [0.25, 0.3) is 0 Å². The predicted octanol–water partition coefficient (Wildman–Crippen LogP) is 1.29. The van der Waals surface area contributed by atoms with E-state index in [1.807, 2.05) is 0 Å². The molecule has 1 aromatic rings. The van der Waals surface area contributed by atoms with Crippen LogP contribution in [0.15, 0.2) is 15.5 Å². The van der Waals surface area contributed by atoms with Crippen LogP contribution in [-0.2, 0) is 7.05 Å². The number of anilines is 1. The van der Waals surface area contributed by atoms with Crippen LogP contribution in [0.4, 0.5) is 5.69 Å². The molecule has 2 rings (SSSR count). The van der Waals surface area contributed by atoms with Gasteiger partial charge in [0.05, 0.1) is 11.9 Å². The first-order chi connectivity index (χ1) is 8.49. The van der Waals surface area contributed by atoms with Gasteiger partial charge in [-0.3, -0.25) is 4.79 Å². The Labute approximate surface area is 115 Å². The molecule has 1 saturated heterocycles. The van der Waals surface area contributed by atoms with Gasteiger partial charge in [-0.05, 0) is 41.9 Å². The largest absolute Gasteiger partial charge is 0.380 e. The molecule has 2 heterocycles. The van der Waals surface area contributed by atoms with E-state index < -0.39 is 0 Å². The third-order valence-electron chi connectivity index (χ3n) is 3.53. The van der Waals surface area contributed by atoms with Crippen molar-refractivity contribution in [3.8, 4) is 0 Å². The molecule has 1 aliphatic heterocycles. The monoisotopic (exact) mass is 314 g/mol. The minimum absolute atomic E-state index is 0.111. The number of aryl methyl sites for hydroxylation is 1. The van der Waals surface area contributed by atoms with E-state index in [9.17, 15) is 4.79 Å². The summed E-state index contributed by atoms with van der Waals surface area (Å²) < 4.78 is 1.89. The Morgan fingerprint density at radius 3 is 2.89 bits per heavy atom. The van der Waals surface area contributed by atoms with E-state index in [2.05, 4.69) is 45.2 Å². The second-order valence-corrected chi connectivity index (χ2v) is 5.87. The normalized spacial score (nSPS) is 25.1. The predicted molar refractivity (Wildman–Crippen MR) is 75.9 cm³/mol. The van der Waals surface area contributed by atoms with Crippen molar-refractivity contribution in [1.82, 2.24) is 14.7 Å². The molecule has 0 bridgehead atoms. The zero-order valence-electron chi connectivity index (χ0n) is 11.0. The lowest BCUT2D eigenvalue weighted by Gasteiger charge is -2.35. The van der Waals surface area contributed by atoms with Gasteiger partial charge in [0.1, 0.15) is 4.47 Å². The summed E-state index contributed by atoms with van der Waals surface area (Å²) in [5.41, 5.74) is 0.681. The highest BCUT2D eigenvalue weighted by atomic mass is 79.9. The van der Waals surface area contributed by atoms with Gasteiger partial charge in [-0.15, -0.1) is 0 Å². The van der Waals surface area contributed by atoms with E-state index in [1.165, 1.54) is 4.68 Å². The van der Waals surface area contributed by atoms with Crippen LogP contribution in [0, 0.1) is 5.92 Å². The highest BCUT2D eigenvalue weighted by Gasteiger charge is 2.24. The van der Waals surface area contributed by atoms with Gasteiger partial charge in [-0.1, -0.05) is 6.92 Å². The number of aromatic nitrogens is 2. The Morgan fingerprint density at radius 2 is 2.22 bits per heavy atom. The van der Waals surface area contributed by atoms with Crippen LogP contribution in [0.5, 0.6) is 0 Å². The van der Waals surface area contributed by atoms with E-state index in [0.717, 1.165) is 25.2 Å². The van der Waals surface area contributed by atoms with Crippen LogP contribution < -0.4 is 10.9 Å². The zero-order valence-corrected chi connectivity index (χ0v) is 12.6. The van der Waals surface area contributed by atoms with E-state index in [4.69, 9.17) is 0 Å². The fourth-order valence-electron chi connectivity index (χ4n) is 2.38. The molecule has 1 aliphatic rings. The first-order valence-corrected chi connectivity index (χ1v) is 6.95. The fraction of sp³-hybridized carbons (Fsp3) is 0.667. The van der Waals surface area contributed by atoms with Crippen molar-refractivity contribution in [2.45, 2.75) is 19.4 Å². The summed E-state index contributed by atoms with van der Waals surface area (Å²) in [5.74, 6) is 0.555. The van der Waals surface area contributed by atoms with E-state index in [1.54, 1.807) is 13.2 Å². The molecule has 5 nitrogen and oxygen atoms in total. The Hall–Kier alpha value is -0.880. The van der Waals surface area contributed by atoms with E-state index in [-0.39, 0.29) is 5.56 Å². The molecule has 0 spiro atoms. The van der Waals surface area contributed by atoms with Crippen molar-refractivity contribution < 1.29 is 0 Å². The molecule has 0 saturated carbocycles. The van der Waals surface area contributed by atoms with Crippen LogP contribution in [0.2, 0.25) is 0 Å². The molecule has 100 valence electrons. The summed E-state index contributed by atoms with van der Waals surface area (Å²) in [4.78, 5) is 14.1. The highest BCUT2D eigenvalue weighted by molar-refractivity contribution is 9.10. The average molecular weight is 315 g/mol. The summed E-state index contributed by atoms with van der Waals surface area (Å²) in [6.45, 7) is 4.39. The summed E-state index contributed by atoms with van der Waals surface area (Å²) in [7, 11) is 3.79. The van der Waals surface area contributed by atoms with Gasteiger partial charge in [-0.25, -0.2) is 4.68 Å². The van der Waals surface area contributed by atoms with Crippen molar-refractivity contribution in [3.05, 3.63) is 21.0 Å². The topological polar surface area (TPSA) is 50.2 Å². The molecular weight excluding hydrogens is 296 g/mol. The smallest absolute Gasteiger partial charge is 0.282 e. The third kappa shape index (κ3) is 2.75. The lowest BCUT2D eigenvalue weighted by atomic mass is 9.94. The summed E-state index contributed by atoms with van der Waals surface area (Å²) in [6.07, 6.45) is 2.79. The quantitative estimate of drug-likeness (QED) is 0.894. The van der Waals surface area contributed by atoms with Crippen molar-refractivity contribution >= 4 is 21.6 Å². The molecule has 1 aromatic heterocycles. The molecule has 18 heavy (non-hydrogen) atoms. The number of hydrogen-bond acceptors (Lipinski definition) is 4. The Balaban J connectivity index is 2.15. The van der Waals surface area contributed by atoms with Gasteiger partial charge in [-0.2, -0.15) is 5.10 Å². The molecule has 2 unspecified atom stereocenters. The minimum atomic E-state index is -0.111. The Morgan fingerprint density at radius 1 is 1.50 bits per heavy atom. The number of nitrogens with one attached hydrogen (secondary N) is 1. The van der Waals surface area contributed by atoms with Crippen LogP contribution in [-0.4, -0.2) is 40.9 Å². The number of rotatable bonds is 2. The van der Waals surface area contributed by atoms with Gasteiger partial charge in [0, 0.05) is 19.6 Å². The maximum Gasteiger partial charge on any atom is 0.282 e. The molecule has 0 aliphatic carbocycles. The molecule has 0 amide bonds. The molecule has 2 atom stereocenters. The number of halogens is 1. The summed E-state index contributed by atoms with van der Waals surface area (Å²) in [6, 6.07) is 0.395. The molecule has 1 fully saturated rings. The second kappa shape index (κ2) is 5.40. The SMILES string of the molecule is CC1CN(C)CCC1Nc1cnn(C)c(=O)c1Br. The lowest BCUT2D eigenvalue weighted by molar-refractivity contribution is 0.206. The van der Waals surface area contributed by atoms with Gasteiger partial charge in [0.2, 0.25) is 0 Å². The zero-order chi connectivity index (χ0) is 13.3. The van der Waals surface area contributed by atoms with Crippen LogP contribution in [0.3, 0.4) is 0 Å². The number of piperidine rings is 1.